The highest BCUT2D eigenvalue weighted by atomic mass is 19.3. The van der Waals surface area contributed by atoms with E-state index in [0.717, 1.165) is 0 Å². The molecule has 0 saturated heterocycles. The lowest BCUT2D eigenvalue weighted by molar-refractivity contribution is -0.0498. The summed E-state index contributed by atoms with van der Waals surface area (Å²) in [6, 6.07) is 3.39. The van der Waals surface area contributed by atoms with Crippen molar-refractivity contribution in [2.75, 3.05) is 0 Å². The van der Waals surface area contributed by atoms with Crippen LogP contribution in [-0.4, -0.2) is 13.0 Å². The van der Waals surface area contributed by atoms with E-state index in [1.165, 1.54) is 24.3 Å². The van der Waals surface area contributed by atoms with Gasteiger partial charge in [-0.3, -0.25) is 0 Å². The molecule has 0 unspecified atom stereocenters. The van der Waals surface area contributed by atoms with Crippen molar-refractivity contribution in [3.05, 3.63) is 29.8 Å². The Balaban J connectivity index is 2.72. The van der Waals surface area contributed by atoms with Crippen LogP contribution in [0.3, 0.4) is 0 Å². The Morgan fingerprint density at radius 1 is 1.00 bits per heavy atom. The van der Waals surface area contributed by atoms with Gasteiger partial charge in [-0.2, -0.15) is 8.78 Å². The Morgan fingerprint density at radius 3 is 1.93 bits per heavy atom. The van der Waals surface area contributed by atoms with E-state index in [9.17, 15) is 17.6 Å². The van der Waals surface area contributed by atoms with Crippen LogP contribution in [0.2, 0.25) is 0 Å². The van der Waals surface area contributed by atoms with Gasteiger partial charge in [0, 0.05) is 0 Å². The minimum atomic E-state index is -2.93. The van der Waals surface area contributed by atoms with Crippen LogP contribution < -0.4 is 10.5 Å². The van der Waals surface area contributed by atoms with Gasteiger partial charge in [-0.15, -0.1) is 0 Å². The number of hydrogen-bond donors (Lipinski definition) is 1. The number of nitrogens with two attached hydrogens (primary N) is 1. The summed E-state index contributed by atoms with van der Waals surface area (Å²) >= 11 is 0. The second kappa shape index (κ2) is 4.97. The molecule has 1 aromatic carbocycles. The first-order valence-electron chi connectivity index (χ1n) is 4.09. The van der Waals surface area contributed by atoms with E-state index >= 15 is 0 Å². The average molecular weight is 223 g/mol. The number of alkyl halides is 4. The second-order valence-corrected chi connectivity index (χ2v) is 2.81. The first-order valence-corrected chi connectivity index (χ1v) is 4.09. The number of ether oxygens (including phenoxy) is 1. The SMILES string of the molecule is N[C@H](c1ccc(OC(F)F)cc1)C(F)F. The summed E-state index contributed by atoms with van der Waals surface area (Å²) in [4.78, 5) is 0. The highest BCUT2D eigenvalue weighted by Crippen LogP contribution is 2.21. The van der Waals surface area contributed by atoms with E-state index in [1.807, 2.05) is 0 Å². The molecule has 0 heterocycles. The molecule has 0 aliphatic heterocycles. The molecule has 1 rings (SSSR count). The molecule has 0 radical (unpaired) electrons. The molecule has 15 heavy (non-hydrogen) atoms. The zero-order valence-electron chi connectivity index (χ0n) is 7.54. The lowest BCUT2D eigenvalue weighted by Crippen LogP contribution is -2.18. The molecule has 0 aliphatic rings. The molecule has 0 saturated carbocycles. The van der Waals surface area contributed by atoms with Crippen LogP contribution in [0.5, 0.6) is 5.75 Å². The summed E-state index contributed by atoms with van der Waals surface area (Å²) in [5.41, 5.74) is 5.32. The van der Waals surface area contributed by atoms with Gasteiger partial charge in [-0.1, -0.05) is 12.1 Å². The Morgan fingerprint density at radius 2 is 1.53 bits per heavy atom. The quantitative estimate of drug-likeness (QED) is 0.796. The highest BCUT2D eigenvalue weighted by molar-refractivity contribution is 5.29. The topological polar surface area (TPSA) is 35.2 Å². The van der Waals surface area contributed by atoms with Gasteiger partial charge >= 0.3 is 6.61 Å². The van der Waals surface area contributed by atoms with Crippen molar-refractivity contribution in [1.82, 2.24) is 0 Å². The molecule has 0 spiro atoms. The molecule has 84 valence electrons. The zero-order chi connectivity index (χ0) is 11.4. The molecule has 0 aliphatic carbocycles. The Labute approximate surface area is 83.6 Å². The molecule has 2 nitrogen and oxygen atoms in total. The fraction of sp³-hybridized carbons (Fsp3) is 0.333. The van der Waals surface area contributed by atoms with Gasteiger partial charge in [0.2, 0.25) is 0 Å². The monoisotopic (exact) mass is 223 g/mol. The lowest BCUT2D eigenvalue weighted by Gasteiger charge is -2.11. The fourth-order valence-electron chi connectivity index (χ4n) is 1.02. The summed E-state index contributed by atoms with van der Waals surface area (Å²) in [6.07, 6.45) is -2.69. The third-order valence-corrected chi connectivity index (χ3v) is 1.76. The number of benzene rings is 1. The molecule has 0 aromatic heterocycles. The summed E-state index contributed by atoms with van der Waals surface area (Å²) < 4.78 is 51.8. The average Bonchev–Trinajstić information content (AvgIpc) is 2.17. The van der Waals surface area contributed by atoms with Gasteiger partial charge < -0.3 is 10.5 Å². The minimum absolute atomic E-state index is 0.0878. The Kier molecular flexibility index (Phi) is 3.90. The molecule has 1 atom stereocenters. The van der Waals surface area contributed by atoms with Crippen LogP contribution in [0.4, 0.5) is 17.6 Å². The summed E-state index contributed by atoms with van der Waals surface area (Å²) in [7, 11) is 0. The van der Waals surface area contributed by atoms with Gasteiger partial charge in [0.15, 0.2) is 0 Å². The summed E-state index contributed by atoms with van der Waals surface area (Å²) in [5, 5.41) is 0. The Bertz CT molecular complexity index is 301. The van der Waals surface area contributed by atoms with E-state index in [-0.39, 0.29) is 11.3 Å². The summed E-state index contributed by atoms with van der Waals surface area (Å²) in [6.45, 7) is -2.93. The zero-order valence-corrected chi connectivity index (χ0v) is 7.54. The van der Waals surface area contributed by atoms with Crippen LogP contribution in [0.1, 0.15) is 11.6 Å². The van der Waals surface area contributed by atoms with Crippen molar-refractivity contribution in [1.29, 1.82) is 0 Å². The molecule has 0 amide bonds. The minimum Gasteiger partial charge on any atom is -0.435 e. The van der Waals surface area contributed by atoms with Gasteiger partial charge in [-0.25, -0.2) is 8.78 Å². The first-order chi connectivity index (χ1) is 7.00. The predicted octanol–water partition coefficient (Wildman–Crippen LogP) is 2.55. The number of rotatable bonds is 4. The number of hydrogen-bond acceptors (Lipinski definition) is 2. The normalized spacial score (nSPS) is 13.3. The van der Waals surface area contributed by atoms with Gasteiger partial charge in [0.05, 0.1) is 6.04 Å². The van der Waals surface area contributed by atoms with Crippen molar-refractivity contribution in [3.63, 3.8) is 0 Å². The maximum atomic E-state index is 12.1. The molecule has 2 N–H and O–H groups in total. The largest absolute Gasteiger partial charge is 0.435 e. The third-order valence-electron chi connectivity index (χ3n) is 1.76. The standard InChI is InChI=1S/C9H9F4NO/c10-8(11)7(14)5-1-3-6(4-2-5)15-9(12)13/h1-4,7-9H,14H2/t7-/m1/s1. The van der Waals surface area contributed by atoms with Crippen LogP contribution >= 0.6 is 0 Å². The van der Waals surface area contributed by atoms with Gasteiger partial charge in [0.25, 0.3) is 6.43 Å². The van der Waals surface area contributed by atoms with Crippen LogP contribution in [-0.2, 0) is 0 Å². The Hall–Kier alpha value is -1.30. The van der Waals surface area contributed by atoms with Crippen LogP contribution in [0.25, 0.3) is 0 Å². The molecular formula is C9H9F4NO. The molecule has 0 bridgehead atoms. The van der Waals surface area contributed by atoms with Crippen molar-refractivity contribution in [3.8, 4) is 5.75 Å². The highest BCUT2D eigenvalue weighted by Gasteiger charge is 2.17. The van der Waals surface area contributed by atoms with Crippen molar-refractivity contribution >= 4 is 0 Å². The van der Waals surface area contributed by atoms with Crippen LogP contribution in [0, 0.1) is 0 Å². The lowest BCUT2D eigenvalue weighted by atomic mass is 10.1. The van der Waals surface area contributed by atoms with Gasteiger partial charge in [-0.05, 0) is 17.7 Å². The molecular weight excluding hydrogens is 214 g/mol. The summed E-state index contributed by atoms with van der Waals surface area (Å²) in [5.74, 6) is -0.0878. The maximum absolute atomic E-state index is 12.1. The van der Waals surface area contributed by atoms with Crippen molar-refractivity contribution in [2.24, 2.45) is 5.73 Å². The third kappa shape index (κ3) is 3.39. The second-order valence-electron chi connectivity index (χ2n) is 2.81. The molecule has 0 fully saturated rings. The predicted molar refractivity (Wildman–Crippen MR) is 46.0 cm³/mol. The van der Waals surface area contributed by atoms with Crippen LogP contribution in [0.15, 0.2) is 24.3 Å². The van der Waals surface area contributed by atoms with Crippen molar-refractivity contribution < 1.29 is 22.3 Å². The van der Waals surface area contributed by atoms with E-state index in [1.54, 1.807) is 0 Å². The first kappa shape index (κ1) is 11.8. The van der Waals surface area contributed by atoms with Gasteiger partial charge in [0.1, 0.15) is 5.75 Å². The van der Waals surface area contributed by atoms with Crippen molar-refractivity contribution in [2.45, 2.75) is 19.1 Å². The molecule has 1 aromatic rings. The molecule has 6 heteroatoms. The van der Waals surface area contributed by atoms with E-state index in [0.29, 0.717) is 0 Å². The number of halogens is 4. The fourth-order valence-corrected chi connectivity index (χ4v) is 1.02. The smallest absolute Gasteiger partial charge is 0.387 e. The maximum Gasteiger partial charge on any atom is 0.387 e. The van der Waals surface area contributed by atoms with E-state index in [2.05, 4.69) is 4.74 Å². The van der Waals surface area contributed by atoms with E-state index < -0.39 is 19.1 Å². The van der Waals surface area contributed by atoms with E-state index in [4.69, 9.17) is 5.73 Å².